The summed E-state index contributed by atoms with van der Waals surface area (Å²) in [4.78, 5) is 57.3. The maximum absolute atomic E-state index is 14.6. The third kappa shape index (κ3) is 11.7. The van der Waals surface area contributed by atoms with Crippen molar-refractivity contribution in [1.82, 2.24) is 15.5 Å². The minimum Gasteiger partial charge on any atom is -0.458 e. The molecule has 0 saturated heterocycles. The van der Waals surface area contributed by atoms with Crippen LogP contribution in [0.25, 0.3) is 0 Å². The van der Waals surface area contributed by atoms with Gasteiger partial charge in [0.15, 0.2) is 0 Å². The van der Waals surface area contributed by atoms with E-state index in [1.54, 1.807) is 46.4 Å². The van der Waals surface area contributed by atoms with E-state index >= 15 is 0 Å². The second-order valence-corrected chi connectivity index (χ2v) is 14.9. The van der Waals surface area contributed by atoms with Gasteiger partial charge >= 0.3 is 12.1 Å². The van der Waals surface area contributed by atoms with E-state index in [0.717, 1.165) is 36.8 Å². The molecule has 2 aromatic rings. The molecule has 3 amide bonds. The molecule has 9 heteroatoms. The first-order valence-corrected chi connectivity index (χ1v) is 16.9. The maximum Gasteiger partial charge on any atom is 0.408 e. The monoisotopic (exact) mass is 649 g/mol. The van der Waals surface area contributed by atoms with Gasteiger partial charge in [-0.05, 0) is 96.3 Å². The molecule has 1 fully saturated rings. The summed E-state index contributed by atoms with van der Waals surface area (Å²) >= 11 is 0. The van der Waals surface area contributed by atoms with E-state index in [0.29, 0.717) is 12.0 Å². The summed E-state index contributed by atoms with van der Waals surface area (Å²) in [7, 11) is 0. The number of amides is 3. The summed E-state index contributed by atoms with van der Waals surface area (Å²) in [5.41, 5.74) is 1.06. The summed E-state index contributed by atoms with van der Waals surface area (Å²) in [5, 5.41) is 5.80. The van der Waals surface area contributed by atoms with Crippen LogP contribution in [-0.2, 0) is 36.7 Å². The van der Waals surface area contributed by atoms with Crippen LogP contribution in [0.4, 0.5) is 4.79 Å². The summed E-state index contributed by atoms with van der Waals surface area (Å²) in [5.74, 6) is -1.33. The molecule has 258 valence electrons. The molecule has 1 aliphatic carbocycles. The highest BCUT2D eigenvalue weighted by Gasteiger charge is 2.43. The van der Waals surface area contributed by atoms with Gasteiger partial charge in [-0.2, -0.15) is 0 Å². The molecule has 2 aromatic carbocycles. The summed E-state index contributed by atoms with van der Waals surface area (Å²) < 4.78 is 11.3. The van der Waals surface area contributed by atoms with Gasteiger partial charge in [0.25, 0.3) is 0 Å². The molecule has 9 nitrogen and oxygen atoms in total. The molecular formula is C38H55N3O6. The van der Waals surface area contributed by atoms with Crippen LogP contribution in [0.5, 0.6) is 0 Å². The summed E-state index contributed by atoms with van der Waals surface area (Å²) in [6.45, 7) is 16.7. The second-order valence-electron chi connectivity index (χ2n) is 14.9. The number of alkyl carbamates (subject to hydrolysis) is 1. The number of esters is 1. The number of benzene rings is 2. The molecule has 0 aliphatic heterocycles. The smallest absolute Gasteiger partial charge is 0.408 e. The minimum atomic E-state index is -1.05. The van der Waals surface area contributed by atoms with Crippen molar-refractivity contribution < 1.29 is 28.7 Å². The van der Waals surface area contributed by atoms with E-state index in [9.17, 15) is 19.2 Å². The van der Waals surface area contributed by atoms with Crippen molar-refractivity contribution in [2.75, 3.05) is 0 Å². The fourth-order valence-electron chi connectivity index (χ4n) is 5.55. The number of nitrogens with one attached hydrogen (secondary N) is 2. The maximum atomic E-state index is 14.6. The molecule has 1 aliphatic rings. The highest BCUT2D eigenvalue weighted by atomic mass is 16.6. The van der Waals surface area contributed by atoms with Crippen LogP contribution >= 0.6 is 0 Å². The van der Waals surface area contributed by atoms with Crippen LogP contribution in [0.1, 0.15) is 111 Å². The first-order valence-electron chi connectivity index (χ1n) is 16.9. The fraction of sp³-hybridized carbons (Fsp3) is 0.579. The molecule has 47 heavy (non-hydrogen) atoms. The normalized spacial score (nSPS) is 15.5. The largest absolute Gasteiger partial charge is 0.458 e. The Bertz CT molecular complexity index is 1340. The third-order valence-electron chi connectivity index (χ3n) is 7.94. The zero-order valence-electron chi connectivity index (χ0n) is 29.7. The van der Waals surface area contributed by atoms with Crippen molar-refractivity contribution >= 4 is 23.9 Å². The van der Waals surface area contributed by atoms with Crippen LogP contribution in [0, 0.1) is 5.92 Å². The van der Waals surface area contributed by atoms with Crippen molar-refractivity contribution in [2.45, 2.75) is 136 Å². The van der Waals surface area contributed by atoms with Gasteiger partial charge in [0.2, 0.25) is 11.8 Å². The molecule has 0 bridgehead atoms. The predicted molar refractivity (Wildman–Crippen MR) is 184 cm³/mol. The molecule has 3 atom stereocenters. The second kappa shape index (κ2) is 16.3. The molecule has 1 saturated carbocycles. The van der Waals surface area contributed by atoms with Gasteiger partial charge in [-0.15, -0.1) is 0 Å². The number of rotatable bonds is 13. The van der Waals surface area contributed by atoms with Gasteiger partial charge in [0, 0.05) is 12.5 Å². The van der Waals surface area contributed by atoms with Crippen molar-refractivity contribution in [2.24, 2.45) is 5.92 Å². The fourth-order valence-corrected chi connectivity index (χ4v) is 5.55. The van der Waals surface area contributed by atoms with E-state index in [-0.39, 0.29) is 24.3 Å². The first kappa shape index (κ1) is 37.6. The standard InChI is InChI=1S/C38H55N3O6/c1-10-26-19-21-28(22-20-26)32(33(42)39-31(35(44)46-37(4,5)6)24-27-15-12-11-13-16-27)41(29-17-14-18-29)34(43)30(23-25(2)3)40-36(45)47-38(7,8)9/h11-13,15-16,19-22,25,29-32H,10,14,17-18,23-24H2,1-9H3,(H,39,42)(H,40,45). The Balaban J connectivity index is 2.07. The lowest BCUT2D eigenvalue weighted by atomic mass is 9.87. The molecule has 0 radical (unpaired) electrons. The third-order valence-corrected chi connectivity index (χ3v) is 7.94. The van der Waals surface area contributed by atoms with Gasteiger partial charge in [0.05, 0.1) is 0 Å². The van der Waals surface area contributed by atoms with Crippen LogP contribution in [0.2, 0.25) is 0 Å². The summed E-state index contributed by atoms with van der Waals surface area (Å²) in [6.07, 6.45) is 3.07. The van der Waals surface area contributed by atoms with E-state index in [4.69, 9.17) is 9.47 Å². The zero-order valence-corrected chi connectivity index (χ0v) is 29.7. The molecule has 0 spiro atoms. The lowest BCUT2D eigenvalue weighted by molar-refractivity contribution is -0.159. The Kier molecular flexibility index (Phi) is 13.0. The predicted octanol–water partition coefficient (Wildman–Crippen LogP) is 6.68. The summed E-state index contributed by atoms with van der Waals surface area (Å²) in [6, 6.07) is 13.9. The number of aryl methyl sites for hydroxylation is 1. The average Bonchev–Trinajstić information content (AvgIpc) is 2.93. The topological polar surface area (TPSA) is 114 Å². The first-order chi connectivity index (χ1) is 22.0. The number of hydrogen-bond acceptors (Lipinski definition) is 6. The van der Waals surface area contributed by atoms with Gasteiger partial charge < -0.3 is 25.0 Å². The molecule has 0 heterocycles. The highest BCUT2D eigenvalue weighted by molar-refractivity contribution is 5.94. The van der Waals surface area contributed by atoms with Gasteiger partial charge in [-0.3, -0.25) is 9.59 Å². The van der Waals surface area contributed by atoms with Crippen molar-refractivity contribution in [3.05, 3.63) is 71.3 Å². The molecule has 3 unspecified atom stereocenters. The number of carbonyl (C=O) groups is 4. The van der Waals surface area contributed by atoms with Crippen LogP contribution < -0.4 is 10.6 Å². The number of ether oxygens (including phenoxy) is 2. The van der Waals surface area contributed by atoms with E-state index in [1.807, 2.05) is 68.4 Å². The quantitative estimate of drug-likeness (QED) is 0.234. The minimum absolute atomic E-state index is 0.0701. The average molecular weight is 650 g/mol. The number of hydrogen-bond donors (Lipinski definition) is 2. The van der Waals surface area contributed by atoms with Crippen LogP contribution in [0.15, 0.2) is 54.6 Å². The Hall–Kier alpha value is -3.88. The van der Waals surface area contributed by atoms with E-state index in [2.05, 4.69) is 17.6 Å². The lowest BCUT2D eigenvalue weighted by Crippen LogP contribution is -2.59. The van der Waals surface area contributed by atoms with Gasteiger partial charge in [0.1, 0.15) is 29.3 Å². The SMILES string of the molecule is CCc1ccc(C(C(=O)NC(Cc2ccccc2)C(=O)OC(C)(C)C)N(C(=O)C(CC(C)C)NC(=O)OC(C)(C)C)C2CCC2)cc1. The zero-order chi connectivity index (χ0) is 34.9. The molecule has 0 aromatic heterocycles. The van der Waals surface area contributed by atoms with E-state index in [1.165, 1.54) is 0 Å². The Morgan fingerprint density at radius 2 is 1.40 bits per heavy atom. The highest BCUT2D eigenvalue weighted by Crippen LogP contribution is 2.34. The van der Waals surface area contributed by atoms with Gasteiger partial charge in [-0.1, -0.05) is 75.4 Å². The number of carbonyl (C=O) groups excluding carboxylic acids is 4. The lowest BCUT2D eigenvalue weighted by Gasteiger charge is -2.44. The Labute approximate surface area is 281 Å². The van der Waals surface area contributed by atoms with Crippen LogP contribution in [0.3, 0.4) is 0 Å². The molecule has 3 rings (SSSR count). The van der Waals surface area contributed by atoms with Crippen LogP contribution in [-0.4, -0.2) is 58.1 Å². The van der Waals surface area contributed by atoms with Crippen molar-refractivity contribution in [1.29, 1.82) is 0 Å². The number of nitrogens with zero attached hydrogens (tertiary/aromatic N) is 1. The molecular weight excluding hydrogens is 594 g/mol. The Morgan fingerprint density at radius 1 is 0.809 bits per heavy atom. The van der Waals surface area contributed by atoms with Gasteiger partial charge in [-0.25, -0.2) is 9.59 Å². The van der Waals surface area contributed by atoms with Crippen molar-refractivity contribution in [3.8, 4) is 0 Å². The van der Waals surface area contributed by atoms with E-state index < -0.39 is 47.3 Å². The molecule has 2 N–H and O–H groups in total. The van der Waals surface area contributed by atoms with Crippen molar-refractivity contribution in [3.63, 3.8) is 0 Å². The Morgan fingerprint density at radius 3 is 1.89 bits per heavy atom.